The summed E-state index contributed by atoms with van der Waals surface area (Å²) in [4.78, 5) is 4.29. The molecule has 0 amide bonds. The van der Waals surface area contributed by atoms with Crippen molar-refractivity contribution in [3.8, 4) is 11.3 Å². The summed E-state index contributed by atoms with van der Waals surface area (Å²) in [6.07, 6.45) is 3.53. The van der Waals surface area contributed by atoms with Crippen molar-refractivity contribution in [2.75, 3.05) is 5.73 Å². The van der Waals surface area contributed by atoms with Crippen LogP contribution in [0.5, 0.6) is 0 Å². The van der Waals surface area contributed by atoms with Gasteiger partial charge in [0.05, 0.1) is 6.33 Å². The Balaban J connectivity index is 2.42. The van der Waals surface area contributed by atoms with Crippen LogP contribution in [-0.4, -0.2) is 9.55 Å². The Morgan fingerprint density at radius 2 is 2.07 bits per heavy atom. The van der Waals surface area contributed by atoms with Gasteiger partial charge in [-0.1, -0.05) is 36.4 Å². The summed E-state index contributed by atoms with van der Waals surface area (Å²) in [7, 11) is 0. The molecule has 0 saturated heterocycles. The zero-order chi connectivity index (χ0) is 10.7. The minimum Gasteiger partial charge on any atom is -0.383 e. The molecule has 0 unspecified atom stereocenters. The van der Waals surface area contributed by atoms with Gasteiger partial charge < -0.3 is 10.3 Å². The van der Waals surface area contributed by atoms with Crippen molar-refractivity contribution in [2.45, 2.75) is 6.54 Å². The maximum absolute atomic E-state index is 5.97. The van der Waals surface area contributed by atoms with Gasteiger partial charge in [0.2, 0.25) is 0 Å². The van der Waals surface area contributed by atoms with Crippen LogP contribution in [0.3, 0.4) is 0 Å². The summed E-state index contributed by atoms with van der Waals surface area (Å²) in [5.74, 6) is 0.682. The molecule has 1 aromatic carbocycles. The lowest BCUT2D eigenvalue weighted by molar-refractivity contribution is 0.833. The number of hydrogen-bond donors (Lipinski definition) is 1. The maximum atomic E-state index is 5.97. The third kappa shape index (κ3) is 1.76. The number of rotatable bonds is 3. The first-order valence-corrected chi connectivity index (χ1v) is 4.80. The van der Waals surface area contributed by atoms with E-state index in [2.05, 4.69) is 11.6 Å². The lowest BCUT2D eigenvalue weighted by atomic mass is 10.1. The molecule has 15 heavy (non-hydrogen) atoms. The molecule has 3 heteroatoms. The molecular weight excluding hydrogens is 186 g/mol. The second kappa shape index (κ2) is 4.00. The van der Waals surface area contributed by atoms with E-state index in [1.165, 1.54) is 0 Å². The van der Waals surface area contributed by atoms with Crippen LogP contribution in [0, 0.1) is 0 Å². The molecular formula is C12H13N3. The Bertz CT molecular complexity index is 457. The predicted octanol–water partition coefficient (Wildman–Crippen LogP) is 2.32. The monoisotopic (exact) mass is 199 g/mol. The molecule has 0 aliphatic rings. The standard InChI is InChI=1S/C12H13N3/c1-2-8-15-9-14-11(12(15)13)10-6-4-3-5-7-10/h2-7,9H,1,8,13H2. The average molecular weight is 199 g/mol. The number of aromatic nitrogens is 2. The molecule has 0 radical (unpaired) electrons. The number of nitrogens with zero attached hydrogens (tertiary/aromatic N) is 2. The normalized spacial score (nSPS) is 10.1. The van der Waals surface area contributed by atoms with Gasteiger partial charge in [-0.15, -0.1) is 6.58 Å². The Labute approximate surface area is 88.9 Å². The van der Waals surface area contributed by atoms with Crippen LogP contribution in [0.2, 0.25) is 0 Å². The van der Waals surface area contributed by atoms with Gasteiger partial charge in [-0.2, -0.15) is 0 Å². The summed E-state index contributed by atoms with van der Waals surface area (Å²) in [6.45, 7) is 4.36. The first kappa shape index (κ1) is 9.52. The van der Waals surface area contributed by atoms with Gasteiger partial charge in [-0.05, 0) is 0 Å². The Morgan fingerprint density at radius 3 is 2.73 bits per heavy atom. The van der Waals surface area contributed by atoms with E-state index < -0.39 is 0 Å². The second-order valence-corrected chi connectivity index (χ2v) is 3.29. The molecule has 2 rings (SSSR count). The fourth-order valence-electron chi connectivity index (χ4n) is 1.49. The summed E-state index contributed by atoms with van der Waals surface area (Å²) in [6, 6.07) is 9.91. The van der Waals surface area contributed by atoms with E-state index in [1.807, 2.05) is 34.9 Å². The molecule has 2 N–H and O–H groups in total. The minimum atomic E-state index is 0.682. The van der Waals surface area contributed by atoms with Gasteiger partial charge >= 0.3 is 0 Å². The maximum Gasteiger partial charge on any atom is 0.131 e. The predicted molar refractivity (Wildman–Crippen MR) is 62.3 cm³/mol. The van der Waals surface area contributed by atoms with Crippen molar-refractivity contribution in [1.82, 2.24) is 9.55 Å². The van der Waals surface area contributed by atoms with Crippen molar-refractivity contribution in [1.29, 1.82) is 0 Å². The highest BCUT2D eigenvalue weighted by Crippen LogP contribution is 2.23. The number of hydrogen-bond acceptors (Lipinski definition) is 2. The molecule has 0 bridgehead atoms. The van der Waals surface area contributed by atoms with Gasteiger partial charge in [0.15, 0.2) is 0 Å². The van der Waals surface area contributed by atoms with Crippen molar-refractivity contribution in [3.63, 3.8) is 0 Å². The first-order chi connectivity index (χ1) is 7.33. The van der Waals surface area contributed by atoms with Crippen molar-refractivity contribution in [3.05, 3.63) is 49.3 Å². The lowest BCUT2D eigenvalue weighted by Crippen LogP contribution is -2.00. The van der Waals surface area contributed by atoms with Crippen LogP contribution >= 0.6 is 0 Å². The van der Waals surface area contributed by atoms with Crippen molar-refractivity contribution >= 4 is 5.82 Å². The van der Waals surface area contributed by atoms with Crippen LogP contribution in [0.1, 0.15) is 0 Å². The third-order valence-corrected chi connectivity index (χ3v) is 2.25. The quantitative estimate of drug-likeness (QED) is 0.771. The minimum absolute atomic E-state index is 0.682. The molecule has 0 saturated carbocycles. The highest BCUT2D eigenvalue weighted by molar-refractivity contribution is 5.70. The lowest BCUT2D eigenvalue weighted by Gasteiger charge is -2.02. The van der Waals surface area contributed by atoms with E-state index in [9.17, 15) is 0 Å². The smallest absolute Gasteiger partial charge is 0.131 e. The van der Waals surface area contributed by atoms with Gasteiger partial charge in [0.1, 0.15) is 11.5 Å². The highest BCUT2D eigenvalue weighted by Gasteiger charge is 2.07. The van der Waals surface area contributed by atoms with Crippen molar-refractivity contribution in [2.24, 2.45) is 0 Å². The number of allylic oxidation sites excluding steroid dienone is 1. The Hall–Kier alpha value is -2.03. The molecule has 1 aromatic heterocycles. The van der Waals surface area contributed by atoms with Crippen LogP contribution in [0.4, 0.5) is 5.82 Å². The second-order valence-electron chi connectivity index (χ2n) is 3.29. The summed E-state index contributed by atoms with van der Waals surface area (Å²) < 4.78 is 1.87. The van der Waals surface area contributed by atoms with Gasteiger partial charge in [-0.25, -0.2) is 4.98 Å². The van der Waals surface area contributed by atoms with Crippen LogP contribution in [0.15, 0.2) is 49.3 Å². The number of benzene rings is 1. The van der Waals surface area contributed by atoms with E-state index in [1.54, 1.807) is 12.4 Å². The van der Waals surface area contributed by atoms with Crippen LogP contribution in [0.25, 0.3) is 11.3 Å². The van der Waals surface area contributed by atoms with E-state index in [0.29, 0.717) is 12.4 Å². The third-order valence-electron chi connectivity index (χ3n) is 2.25. The largest absolute Gasteiger partial charge is 0.383 e. The fraction of sp³-hybridized carbons (Fsp3) is 0.0833. The number of nitrogens with two attached hydrogens (primary N) is 1. The molecule has 0 fully saturated rings. The molecule has 2 aromatic rings. The zero-order valence-electron chi connectivity index (χ0n) is 8.43. The van der Waals surface area contributed by atoms with E-state index >= 15 is 0 Å². The molecule has 0 aliphatic carbocycles. The summed E-state index contributed by atoms with van der Waals surface area (Å²) >= 11 is 0. The van der Waals surface area contributed by atoms with E-state index in [-0.39, 0.29) is 0 Å². The number of nitrogen functional groups attached to an aromatic ring is 1. The van der Waals surface area contributed by atoms with Gasteiger partial charge in [-0.3, -0.25) is 0 Å². The van der Waals surface area contributed by atoms with Crippen LogP contribution < -0.4 is 5.73 Å². The average Bonchev–Trinajstić information content (AvgIpc) is 2.63. The summed E-state index contributed by atoms with van der Waals surface area (Å²) in [5.41, 5.74) is 7.84. The molecule has 76 valence electrons. The molecule has 0 aliphatic heterocycles. The van der Waals surface area contributed by atoms with Crippen LogP contribution in [-0.2, 0) is 6.54 Å². The van der Waals surface area contributed by atoms with Gasteiger partial charge in [0.25, 0.3) is 0 Å². The Kier molecular flexibility index (Phi) is 2.54. The van der Waals surface area contributed by atoms with Crippen molar-refractivity contribution < 1.29 is 0 Å². The highest BCUT2D eigenvalue weighted by atomic mass is 15.1. The number of imidazole rings is 1. The molecule has 0 spiro atoms. The SMILES string of the molecule is C=CCn1cnc(-c2ccccc2)c1N. The molecule has 1 heterocycles. The first-order valence-electron chi connectivity index (χ1n) is 4.80. The topological polar surface area (TPSA) is 43.8 Å². The van der Waals surface area contributed by atoms with Gasteiger partial charge in [0, 0.05) is 12.1 Å². The van der Waals surface area contributed by atoms with E-state index in [0.717, 1.165) is 11.3 Å². The number of anilines is 1. The van der Waals surface area contributed by atoms with E-state index in [4.69, 9.17) is 5.73 Å². The fourth-order valence-corrected chi connectivity index (χ4v) is 1.49. The molecule has 3 nitrogen and oxygen atoms in total. The summed E-state index contributed by atoms with van der Waals surface area (Å²) in [5, 5.41) is 0. The molecule has 0 atom stereocenters. The zero-order valence-corrected chi connectivity index (χ0v) is 8.43. The Morgan fingerprint density at radius 1 is 1.33 bits per heavy atom.